The summed E-state index contributed by atoms with van der Waals surface area (Å²) in [6.45, 7) is 4.17. The third-order valence-corrected chi connectivity index (χ3v) is 6.73. The highest BCUT2D eigenvalue weighted by atomic mass is 16.5. The molecule has 1 heterocycles. The van der Waals surface area contributed by atoms with Crippen molar-refractivity contribution in [2.75, 3.05) is 12.0 Å². The van der Waals surface area contributed by atoms with E-state index in [1.165, 1.54) is 0 Å². The van der Waals surface area contributed by atoms with Gasteiger partial charge in [-0.2, -0.15) is 0 Å². The van der Waals surface area contributed by atoms with Crippen LogP contribution in [-0.4, -0.2) is 18.8 Å². The number of anilines is 1. The second-order valence-electron chi connectivity index (χ2n) is 9.94. The van der Waals surface area contributed by atoms with Crippen molar-refractivity contribution in [1.82, 2.24) is 0 Å². The summed E-state index contributed by atoms with van der Waals surface area (Å²) in [6, 6.07) is 24.7. The van der Waals surface area contributed by atoms with Crippen molar-refractivity contribution < 1.29 is 19.1 Å². The number of Topliss-reactive ketones (excluding diaryl/α,β-unsaturated/α-hetero) is 1. The number of carbonyl (C=O) groups is 2. The molecule has 1 unspecified atom stereocenters. The van der Waals surface area contributed by atoms with Gasteiger partial charge in [-0.25, -0.2) is 0 Å². The van der Waals surface area contributed by atoms with Crippen molar-refractivity contribution in [1.29, 1.82) is 0 Å². The van der Waals surface area contributed by atoms with Crippen LogP contribution in [0.4, 0.5) is 5.69 Å². The van der Waals surface area contributed by atoms with Crippen LogP contribution >= 0.6 is 0 Å². The number of nitrogens with zero attached hydrogens (tertiary/aromatic N) is 1. The minimum Gasteiger partial charge on any atom is -0.496 e. The molecule has 1 amide bonds. The van der Waals surface area contributed by atoms with Crippen LogP contribution in [0.15, 0.2) is 90.1 Å². The van der Waals surface area contributed by atoms with Crippen molar-refractivity contribution in [3.8, 4) is 17.2 Å². The molecule has 1 aliphatic carbocycles. The van der Waals surface area contributed by atoms with Gasteiger partial charge in [0, 0.05) is 41.3 Å². The smallest absolute Gasteiger partial charge is 0.232 e. The summed E-state index contributed by atoms with van der Waals surface area (Å²) in [5.41, 5.74) is 2.93. The van der Waals surface area contributed by atoms with Crippen molar-refractivity contribution >= 4 is 17.4 Å². The molecule has 35 heavy (non-hydrogen) atoms. The van der Waals surface area contributed by atoms with Crippen molar-refractivity contribution in [3.05, 3.63) is 95.7 Å². The average molecular weight is 468 g/mol. The molecule has 1 atom stereocenters. The molecule has 0 aromatic heterocycles. The van der Waals surface area contributed by atoms with E-state index >= 15 is 0 Å². The normalized spacial score (nSPS) is 19.4. The zero-order chi connectivity index (χ0) is 24.6. The molecule has 0 saturated heterocycles. The number of ketones is 1. The zero-order valence-corrected chi connectivity index (χ0v) is 20.3. The Balaban J connectivity index is 1.56. The molecule has 0 saturated carbocycles. The topological polar surface area (TPSA) is 55.8 Å². The Morgan fingerprint density at radius 1 is 0.829 bits per heavy atom. The molecule has 0 bridgehead atoms. The predicted molar refractivity (Wildman–Crippen MR) is 136 cm³/mol. The fourth-order valence-corrected chi connectivity index (χ4v) is 5.22. The van der Waals surface area contributed by atoms with E-state index in [4.69, 9.17) is 9.47 Å². The van der Waals surface area contributed by atoms with Crippen LogP contribution in [-0.2, 0) is 9.59 Å². The first-order valence-electron chi connectivity index (χ1n) is 11.9. The van der Waals surface area contributed by atoms with Gasteiger partial charge in [-0.05, 0) is 54.3 Å². The number of methoxy groups -OCH3 is 1. The minimum absolute atomic E-state index is 0.0260. The van der Waals surface area contributed by atoms with Crippen LogP contribution in [0.1, 0.15) is 44.6 Å². The largest absolute Gasteiger partial charge is 0.496 e. The third-order valence-electron chi connectivity index (χ3n) is 6.73. The maximum atomic E-state index is 13.6. The molecular formula is C30H29NO4. The highest BCUT2D eigenvalue weighted by molar-refractivity contribution is 6.08. The summed E-state index contributed by atoms with van der Waals surface area (Å²) in [5.74, 6) is 1.90. The van der Waals surface area contributed by atoms with Crippen LogP contribution in [0.25, 0.3) is 0 Å². The fourth-order valence-electron chi connectivity index (χ4n) is 5.22. The van der Waals surface area contributed by atoms with Crippen LogP contribution in [0.2, 0.25) is 0 Å². The van der Waals surface area contributed by atoms with Crippen LogP contribution in [0.3, 0.4) is 0 Å². The molecule has 3 aromatic rings. The summed E-state index contributed by atoms with van der Waals surface area (Å²) in [6.07, 6.45) is 1.32. The summed E-state index contributed by atoms with van der Waals surface area (Å²) in [4.78, 5) is 28.9. The van der Waals surface area contributed by atoms with E-state index in [-0.39, 0.29) is 29.4 Å². The Hall–Kier alpha value is -3.86. The van der Waals surface area contributed by atoms with Gasteiger partial charge in [0.15, 0.2) is 5.78 Å². The SMILES string of the molecule is COc1ccccc1C1CC(=O)N(c2ccc(Oc3ccccc3)cc2)C2=C1C(=O)CC(C)(C)C2. The number of carbonyl (C=O) groups excluding carboxylic acids is 2. The van der Waals surface area contributed by atoms with Gasteiger partial charge >= 0.3 is 0 Å². The molecule has 0 radical (unpaired) electrons. The summed E-state index contributed by atoms with van der Waals surface area (Å²) in [5, 5.41) is 0. The highest BCUT2D eigenvalue weighted by Crippen LogP contribution is 2.49. The maximum Gasteiger partial charge on any atom is 0.232 e. The number of allylic oxidation sites excluding steroid dienone is 2. The zero-order valence-electron chi connectivity index (χ0n) is 20.3. The number of hydrogen-bond acceptors (Lipinski definition) is 4. The molecular weight excluding hydrogens is 438 g/mol. The van der Waals surface area contributed by atoms with Gasteiger partial charge in [0.1, 0.15) is 17.2 Å². The van der Waals surface area contributed by atoms with Gasteiger partial charge in [0.2, 0.25) is 5.91 Å². The van der Waals surface area contributed by atoms with E-state index in [2.05, 4.69) is 13.8 Å². The first-order chi connectivity index (χ1) is 16.9. The molecule has 178 valence electrons. The quantitative estimate of drug-likeness (QED) is 0.421. The molecule has 3 aromatic carbocycles. The van der Waals surface area contributed by atoms with Crippen LogP contribution in [0.5, 0.6) is 17.2 Å². The number of rotatable bonds is 5. The molecule has 5 nitrogen and oxygen atoms in total. The Morgan fingerprint density at radius 2 is 1.49 bits per heavy atom. The number of para-hydroxylation sites is 2. The molecule has 5 rings (SSSR count). The molecule has 0 fully saturated rings. The summed E-state index contributed by atoms with van der Waals surface area (Å²) >= 11 is 0. The molecule has 0 N–H and O–H groups in total. The second kappa shape index (κ2) is 9.06. The van der Waals surface area contributed by atoms with Crippen molar-refractivity contribution in [2.45, 2.75) is 39.0 Å². The number of hydrogen-bond donors (Lipinski definition) is 0. The molecule has 2 aliphatic rings. The number of benzene rings is 3. The van der Waals surface area contributed by atoms with Gasteiger partial charge in [0.25, 0.3) is 0 Å². The number of ether oxygens (including phenoxy) is 2. The fraction of sp³-hybridized carbons (Fsp3) is 0.267. The second-order valence-corrected chi connectivity index (χ2v) is 9.94. The summed E-state index contributed by atoms with van der Waals surface area (Å²) in [7, 11) is 1.62. The van der Waals surface area contributed by atoms with Gasteiger partial charge in [-0.15, -0.1) is 0 Å². The lowest BCUT2D eigenvalue weighted by molar-refractivity contribution is -0.121. The Morgan fingerprint density at radius 3 is 2.20 bits per heavy atom. The minimum atomic E-state index is -0.311. The third kappa shape index (κ3) is 4.46. The van der Waals surface area contributed by atoms with E-state index in [1.54, 1.807) is 12.0 Å². The maximum absolute atomic E-state index is 13.6. The first-order valence-corrected chi connectivity index (χ1v) is 11.9. The lowest BCUT2D eigenvalue weighted by Crippen LogP contribution is -2.43. The van der Waals surface area contributed by atoms with Crippen molar-refractivity contribution in [3.63, 3.8) is 0 Å². The standard InChI is InChI=1S/C30H29NO4/c1-30(2)18-25-29(26(32)19-30)24(23-11-7-8-12-27(23)34-3)17-28(33)31(25)20-13-15-22(16-14-20)35-21-9-5-4-6-10-21/h4-16,24H,17-19H2,1-3H3. The first kappa shape index (κ1) is 22.9. The van der Waals surface area contributed by atoms with E-state index < -0.39 is 0 Å². The van der Waals surface area contributed by atoms with E-state index in [1.807, 2.05) is 78.9 Å². The van der Waals surface area contributed by atoms with Gasteiger partial charge < -0.3 is 9.47 Å². The molecule has 5 heteroatoms. The highest BCUT2D eigenvalue weighted by Gasteiger charge is 2.44. The Bertz CT molecular complexity index is 1290. The van der Waals surface area contributed by atoms with Crippen molar-refractivity contribution in [2.24, 2.45) is 5.41 Å². The van der Waals surface area contributed by atoms with Gasteiger partial charge in [0.05, 0.1) is 7.11 Å². The number of amides is 1. The lowest BCUT2D eigenvalue weighted by atomic mass is 9.69. The van der Waals surface area contributed by atoms with E-state index in [0.717, 1.165) is 28.3 Å². The van der Waals surface area contributed by atoms with E-state index in [9.17, 15) is 9.59 Å². The van der Waals surface area contributed by atoms with Crippen LogP contribution in [0, 0.1) is 5.41 Å². The van der Waals surface area contributed by atoms with E-state index in [0.29, 0.717) is 24.3 Å². The molecule has 1 aliphatic heterocycles. The average Bonchev–Trinajstić information content (AvgIpc) is 2.84. The Kier molecular flexibility index (Phi) is 5.93. The van der Waals surface area contributed by atoms with Crippen LogP contribution < -0.4 is 14.4 Å². The van der Waals surface area contributed by atoms with Gasteiger partial charge in [-0.3, -0.25) is 14.5 Å². The lowest BCUT2D eigenvalue weighted by Gasteiger charge is -2.43. The monoisotopic (exact) mass is 467 g/mol. The molecule has 0 spiro atoms. The predicted octanol–water partition coefficient (Wildman–Crippen LogP) is 6.65. The Labute approximate surface area is 206 Å². The van der Waals surface area contributed by atoms with Gasteiger partial charge in [-0.1, -0.05) is 50.2 Å². The summed E-state index contributed by atoms with van der Waals surface area (Å²) < 4.78 is 11.5.